The van der Waals surface area contributed by atoms with Gasteiger partial charge in [-0.1, -0.05) is 60.7 Å². The lowest BCUT2D eigenvalue weighted by molar-refractivity contribution is -0.112. The fraction of sp³-hybridized carbons (Fsp3) is 0.0870. The highest BCUT2D eigenvalue weighted by Gasteiger charge is 2.19. The van der Waals surface area contributed by atoms with Gasteiger partial charge in [0.25, 0.3) is 11.5 Å². The van der Waals surface area contributed by atoms with Crippen molar-refractivity contribution in [2.75, 3.05) is 5.32 Å². The Hall–Kier alpha value is -4.11. The number of rotatable bonds is 5. The van der Waals surface area contributed by atoms with Crippen LogP contribution in [0.25, 0.3) is 11.8 Å². The van der Waals surface area contributed by atoms with Gasteiger partial charge in [-0.15, -0.1) is 0 Å². The summed E-state index contributed by atoms with van der Waals surface area (Å²) in [7, 11) is 1.74. The summed E-state index contributed by atoms with van der Waals surface area (Å²) in [6.07, 6.45) is 4.85. The first-order valence-electron chi connectivity index (χ1n) is 9.02. The van der Waals surface area contributed by atoms with E-state index < -0.39 is 5.91 Å². The first-order chi connectivity index (χ1) is 14.0. The van der Waals surface area contributed by atoms with Gasteiger partial charge in [-0.2, -0.15) is 5.26 Å². The third-order valence-corrected chi connectivity index (χ3v) is 4.51. The second kappa shape index (κ2) is 8.72. The van der Waals surface area contributed by atoms with Gasteiger partial charge in [-0.05, 0) is 30.7 Å². The Morgan fingerprint density at radius 2 is 1.69 bits per heavy atom. The van der Waals surface area contributed by atoms with Crippen LogP contribution in [0, 0.1) is 18.3 Å². The van der Waals surface area contributed by atoms with Crippen molar-refractivity contribution in [2.24, 2.45) is 7.05 Å². The normalized spacial score (nSPS) is 11.4. The molecule has 3 aromatic rings. The summed E-state index contributed by atoms with van der Waals surface area (Å²) < 4.78 is 3.13. The molecule has 1 aromatic heterocycles. The molecule has 2 aromatic carbocycles. The van der Waals surface area contributed by atoms with Crippen LogP contribution in [0.3, 0.4) is 0 Å². The Morgan fingerprint density at radius 3 is 2.31 bits per heavy atom. The predicted octanol–water partition coefficient (Wildman–Crippen LogP) is 3.59. The number of carbonyl (C=O) groups is 1. The number of benzene rings is 2. The molecule has 0 atom stereocenters. The number of nitrogens with zero attached hydrogens (tertiary/aromatic N) is 3. The van der Waals surface area contributed by atoms with E-state index in [9.17, 15) is 14.9 Å². The molecule has 0 fully saturated rings. The quantitative estimate of drug-likeness (QED) is 0.415. The maximum atomic E-state index is 12.9. The van der Waals surface area contributed by atoms with Crippen LogP contribution in [0.2, 0.25) is 0 Å². The molecule has 0 aliphatic carbocycles. The topological polar surface area (TPSA) is 79.8 Å². The standard InChI is InChI=1S/C23H20N4O2/c1-17-21(23(29)27(26(17)2)20-14-7-4-8-15-20)25-22(28)19(16-24)13-9-12-18-10-5-3-6-11-18/h3-15H,1-2H3,(H,25,28)/b12-9+,19-13+. The predicted molar refractivity (Wildman–Crippen MR) is 114 cm³/mol. The van der Waals surface area contributed by atoms with E-state index in [0.29, 0.717) is 11.4 Å². The van der Waals surface area contributed by atoms with Crippen LogP contribution >= 0.6 is 0 Å². The monoisotopic (exact) mass is 384 g/mol. The molecule has 0 aliphatic heterocycles. The smallest absolute Gasteiger partial charge is 0.295 e. The molecule has 0 unspecified atom stereocenters. The molecule has 6 nitrogen and oxygen atoms in total. The second-order valence-corrected chi connectivity index (χ2v) is 6.35. The molecule has 0 spiro atoms. The zero-order valence-corrected chi connectivity index (χ0v) is 16.2. The van der Waals surface area contributed by atoms with E-state index in [1.54, 1.807) is 42.9 Å². The fourth-order valence-electron chi connectivity index (χ4n) is 2.88. The first-order valence-corrected chi connectivity index (χ1v) is 9.02. The maximum absolute atomic E-state index is 12.9. The van der Waals surface area contributed by atoms with Gasteiger partial charge in [0.05, 0.1) is 11.4 Å². The number of anilines is 1. The van der Waals surface area contributed by atoms with E-state index in [2.05, 4.69) is 5.32 Å². The molecule has 6 heteroatoms. The highest BCUT2D eigenvalue weighted by Crippen LogP contribution is 2.15. The second-order valence-electron chi connectivity index (χ2n) is 6.35. The number of nitrogens with one attached hydrogen (secondary N) is 1. The van der Waals surface area contributed by atoms with Gasteiger partial charge >= 0.3 is 0 Å². The summed E-state index contributed by atoms with van der Waals surface area (Å²) in [6, 6.07) is 20.6. The van der Waals surface area contributed by atoms with Crippen LogP contribution in [0.15, 0.2) is 83.2 Å². The lowest BCUT2D eigenvalue weighted by Gasteiger charge is -2.07. The average Bonchev–Trinajstić information content (AvgIpc) is 2.95. The number of aromatic nitrogens is 2. The van der Waals surface area contributed by atoms with Crippen LogP contribution in [-0.2, 0) is 11.8 Å². The maximum Gasteiger partial charge on any atom is 0.295 e. The zero-order valence-electron chi connectivity index (χ0n) is 16.2. The van der Waals surface area contributed by atoms with Crippen LogP contribution < -0.4 is 10.9 Å². The number of para-hydroxylation sites is 1. The zero-order chi connectivity index (χ0) is 20.8. The summed E-state index contributed by atoms with van der Waals surface area (Å²) in [5.74, 6) is -0.628. The molecule has 1 heterocycles. The minimum atomic E-state index is -0.628. The highest BCUT2D eigenvalue weighted by atomic mass is 16.2. The van der Waals surface area contributed by atoms with Gasteiger partial charge in [0.1, 0.15) is 17.3 Å². The van der Waals surface area contributed by atoms with E-state index in [4.69, 9.17) is 0 Å². The molecule has 0 radical (unpaired) electrons. The fourth-order valence-corrected chi connectivity index (χ4v) is 2.88. The van der Waals surface area contributed by atoms with Gasteiger partial charge in [0, 0.05) is 7.05 Å². The van der Waals surface area contributed by atoms with Crippen molar-refractivity contribution >= 4 is 17.7 Å². The number of amides is 1. The van der Waals surface area contributed by atoms with E-state index >= 15 is 0 Å². The minimum Gasteiger partial charge on any atom is -0.315 e. The van der Waals surface area contributed by atoms with Gasteiger partial charge < -0.3 is 5.32 Å². The van der Waals surface area contributed by atoms with E-state index in [-0.39, 0.29) is 16.8 Å². The molecule has 0 aliphatic rings. The van der Waals surface area contributed by atoms with Crippen molar-refractivity contribution in [3.05, 3.63) is 100.0 Å². The van der Waals surface area contributed by atoms with Crippen LogP contribution in [0.5, 0.6) is 0 Å². The number of nitriles is 1. The van der Waals surface area contributed by atoms with Gasteiger partial charge in [0.15, 0.2) is 0 Å². The summed E-state index contributed by atoms with van der Waals surface area (Å²) in [5, 5.41) is 11.9. The Bertz CT molecular complexity index is 1180. The minimum absolute atomic E-state index is 0.0916. The molecule has 1 N–H and O–H groups in total. The third kappa shape index (κ3) is 4.25. The molecular formula is C23H20N4O2. The van der Waals surface area contributed by atoms with Crippen molar-refractivity contribution in [1.29, 1.82) is 5.26 Å². The Morgan fingerprint density at radius 1 is 1.07 bits per heavy atom. The molecular weight excluding hydrogens is 364 g/mol. The van der Waals surface area contributed by atoms with Crippen LogP contribution in [-0.4, -0.2) is 15.3 Å². The summed E-state index contributed by atoms with van der Waals surface area (Å²) in [5.41, 5.74) is 1.92. The number of hydrogen-bond donors (Lipinski definition) is 1. The van der Waals surface area contributed by atoms with Crippen LogP contribution in [0.4, 0.5) is 5.69 Å². The lowest BCUT2D eigenvalue weighted by Crippen LogP contribution is -2.23. The van der Waals surface area contributed by atoms with E-state index in [1.165, 1.54) is 10.8 Å². The number of hydrogen-bond acceptors (Lipinski definition) is 3. The molecule has 144 valence electrons. The number of allylic oxidation sites excluding steroid dienone is 2. The summed E-state index contributed by atoms with van der Waals surface area (Å²) in [4.78, 5) is 25.4. The first kappa shape index (κ1) is 19.6. The SMILES string of the molecule is Cc1c(NC(=O)/C(C#N)=C/C=C/c2ccccc2)c(=O)n(-c2ccccc2)n1C. The average molecular weight is 384 g/mol. The molecule has 29 heavy (non-hydrogen) atoms. The largest absolute Gasteiger partial charge is 0.315 e. The van der Waals surface area contributed by atoms with Crippen molar-refractivity contribution in [3.8, 4) is 11.8 Å². The molecule has 3 rings (SSSR count). The Kier molecular flexibility index (Phi) is 5.91. The molecule has 0 bridgehead atoms. The van der Waals surface area contributed by atoms with Gasteiger partial charge in [-0.25, -0.2) is 4.68 Å². The summed E-state index contributed by atoms with van der Waals surface area (Å²) >= 11 is 0. The van der Waals surface area contributed by atoms with E-state index in [1.807, 2.05) is 54.6 Å². The summed E-state index contributed by atoms with van der Waals surface area (Å²) in [6.45, 7) is 1.74. The van der Waals surface area contributed by atoms with E-state index in [0.717, 1.165) is 5.56 Å². The highest BCUT2D eigenvalue weighted by molar-refractivity contribution is 6.07. The van der Waals surface area contributed by atoms with Crippen molar-refractivity contribution < 1.29 is 4.79 Å². The Balaban J connectivity index is 1.87. The number of carbonyl (C=O) groups excluding carboxylic acids is 1. The van der Waals surface area contributed by atoms with Crippen molar-refractivity contribution in [3.63, 3.8) is 0 Å². The lowest BCUT2D eigenvalue weighted by atomic mass is 10.2. The van der Waals surface area contributed by atoms with Crippen molar-refractivity contribution in [1.82, 2.24) is 9.36 Å². The van der Waals surface area contributed by atoms with Crippen LogP contribution in [0.1, 0.15) is 11.3 Å². The third-order valence-electron chi connectivity index (χ3n) is 4.51. The molecule has 1 amide bonds. The van der Waals surface area contributed by atoms with Crippen molar-refractivity contribution in [2.45, 2.75) is 6.92 Å². The van der Waals surface area contributed by atoms with Gasteiger partial charge in [0.2, 0.25) is 0 Å². The van der Waals surface area contributed by atoms with Gasteiger partial charge in [-0.3, -0.25) is 14.3 Å². The molecule has 0 saturated carbocycles. The Labute approximate surface area is 168 Å². The molecule has 0 saturated heterocycles.